The Morgan fingerprint density at radius 2 is 2.28 bits per heavy atom. The fraction of sp³-hybridized carbons (Fsp3) is 0.692. The summed E-state index contributed by atoms with van der Waals surface area (Å²) in [5.41, 5.74) is 1.49. The SMILES string of the molecule is CC(O)OC(=O)C1=C2CCCCC2C2CC(=O)N12. The average Bonchev–Trinajstić information content (AvgIpc) is 2.58. The second-order valence-electron chi connectivity index (χ2n) is 5.27. The highest BCUT2D eigenvalue weighted by Crippen LogP contribution is 2.48. The van der Waals surface area contributed by atoms with Crippen LogP contribution >= 0.6 is 0 Å². The number of esters is 1. The molecule has 0 aromatic carbocycles. The van der Waals surface area contributed by atoms with Gasteiger partial charge in [-0.3, -0.25) is 4.79 Å². The summed E-state index contributed by atoms with van der Waals surface area (Å²) >= 11 is 0. The van der Waals surface area contributed by atoms with E-state index in [1.165, 1.54) is 6.92 Å². The van der Waals surface area contributed by atoms with Gasteiger partial charge < -0.3 is 14.7 Å². The van der Waals surface area contributed by atoms with Crippen molar-refractivity contribution < 1.29 is 19.4 Å². The van der Waals surface area contributed by atoms with Crippen LogP contribution in [0, 0.1) is 5.92 Å². The van der Waals surface area contributed by atoms with Gasteiger partial charge in [0.2, 0.25) is 5.91 Å². The van der Waals surface area contributed by atoms with Crippen LogP contribution in [0.1, 0.15) is 39.0 Å². The fourth-order valence-corrected chi connectivity index (χ4v) is 3.41. The van der Waals surface area contributed by atoms with E-state index >= 15 is 0 Å². The fourth-order valence-electron chi connectivity index (χ4n) is 3.41. The zero-order chi connectivity index (χ0) is 12.9. The standard InChI is InChI=1S/C13H17NO4/c1-7(15)18-13(17)12-9-5-3-2-4-8(9)10-6-11(16)14(10)12/h7-8,10,15H,2-6H2,1H3. The second kappa shape index (κ2) is 4.09. The molecule has 1 saturated heterocycles. The van der Waals surface area contributed by atoms with E-state index < -0.39 is 12.3 Å². The number of aliphatic hydroxyl groups excluding tert-OH is 1. The highest BCUT2D eigenvalue weighted by atomic mass is 16.6. The summed E-state index contributed by atoms with van der Waals surface area (Å²) < 4.78 is 4.85. The molecule has 0 bridgehead atoms. The molecule has 3 atom stereocenters. The maximum atomic E-state index is 12.0. The van der Waals surface area contributed by atoms with Gasteiger partial charge in [0, 0.05) is 12.3 Å². The van der Waals surface area contributed by atoms with Crippen molar-refractivity contribution in [3.63, 3.8) is 0 Å². The molecule has 3 rings (SSSR count). The minimum Gasteiger partial charge on any atom is -0.432 e. The summed E-state index contributed by atoms with van der Waals surface area (Å²) in [5.74, 6) is -0.213. The summed E-state index contributed by atoms with van der Waals surface area (Å²) in [7, 11) is 0. The molecule has 2 aliphatic heterocycles. The van der Waals surface area contributed by atoms with Crippen molar-refractivity contribution in [3.05, 3.63) is 11.3 Å². The maximum absolute atomic E-state index is 12.0. The van der Waals surface area contributed by atoms with E-state index in [4.69, 9.17) is 9.84 Å². The Morgan fingerprint density at radius 3 is 2.94 bits per heavy atom. The molecule has 1 amide bonds. The molecule has 2 fully saturated rings. The quantitative estimate of drug-likeness (QED) is 0.450. The molecule has 1 aliphatic carbocycles. The number of hydrogen-bond donors (Lipinski definition) is 1. The van der Waals surface area contributed by atoms with Gasteiger partial charge in [0.05, 0.1) is 6.04 Å². The summed E-state index contributed by atoms with van der Waals surface area (Å²) in [5, 5.41) is 9.15. The topological polar surface area (TPSA) is 66.8 Å². The molecule has 18 heavy (non-hydrogen) atoms. The van der Waals surface area contributed by atoms with Gasteiger partial charge in [-0.2, -0.15) is 0 Å². The number of fused-ring (bicyclic) bond motifs is 3. The van der Waals surface area contributed by atoms with E-state index in [1.807, 2.05) is 0 Å². The predicted molar refractivity (Wildman–Crippen MR) is 62.0 cm³/mol. The van der Waals surface area contributed by atoms with Crippen LogP contribution in [0.3, 0.4) is 0 Å². The van der Waals surface area contributed by atoms with Crippen LogP contribution < -0.4 is 0 Å². The molecule has 3 aliphatic rings. The molecule has 5 nitrogen and oxygen atoms in total. The van der Waals surface area contributed by atoms with Crippen LogP contribution in [0.15, 0.2) is 11.3 Å². The first-order chi connectivity index (χ1) is 8.59. The lowest BCUT2D eigenvalue weighted by Gasteiger charge is -2.39. The minimum absolute atomic E-state index is 0.000516. The van der Waals surface area contributed by atoms with Gasteiger partial charge in [-0.05, 0) is 31.8 Å². The Bertz CT molecular complexity index is 440. The van der Waals surface area contributed by atoms with Crippen LogP contribution in [0.2, 0.25) is 0 Å². The van der Waals surface area contributed by atoms with Crippen molar-refractivity contribution in [2.24, 2.45) is 5.92 Å². The first-order valence-electron chi connectivity index (χ1n) is 6.53. The minimum atomic E-state index is -1.14. The monoisotopic (exact) mass is 251 g/mol. The molecule has 98 valence electrons. The van der Waals surface area contributed by atoms with Crippen LogP contribution in [0.4, 0.5) is 0 Å². The number of nitrogens with zero attached hydrogens (tertiary/aromatic N) is 1. The number of ether oxygens (including phenoxy) is 1. The zero-order valence-corrected chi connectivity index (χ0v) is 10.4. The average molecular weight is 251 g/mol. The van der Waals surface area contributed by atoms with Crippen LogP contribution in [-0.2, 0) is 14.3 Å². The van der Waals surface area contributed by atoms with Crippen molar-refractivity contribution in [2.45, 2.75) is 51.4 Å². The first-order valence-corrected chi connectivity index (χ1v) is 6.53. The summed E-state index contributed by atoms with van der Waals surface area (Å²) in [6.45, 7) is 1.39. The number of carbonyl (C=O) groups excluding carboxylic acids is 2. The predicted octanol–water partition coefficient (Wildman–Crippen LogP) is 0.927. The second-order valence-corrected chi connectivity index (χ2v) is 5.27. The third-order valence-electron chi connectivity index (χ3n) is 4.12. The van der Waals surface area contributed by atoms with Crippen molar-refractivity contribution in [2.75, 3.05) is 0 Å². The summed E-state index contributed by atoms with van der Waals surface area (Å²) in [6.07, 6.45) is 3.55. The molecule has 0 aromatic heterocycles. The lowest BCUT2D eigenvalue weighted by Crippen LogP contribution is -2.52. The number of β-lactam (4-membered cyclic amide) rings is 1. The van der Waals surface area contributed by atoms with Gasteiger partial charge in [0.1, 0.15) is 5.70 Å². The summed E-state index contributed by atoms with van der Waals surface area (Å²) in [4.78, 5) is 25.3. The van der Waals surface area contributed by atoms with Crippen LogP contribution in [0.5, 0.6) is 0 Å². The van der Waals surface area contributed by atoms with E-state index in [9.17, 15) is 9.59 Å². The molecule has 2 heterocycles. The molecular formula is C13H17NO4. The molecule has 5 heteroatoms. The Kier molecular flexibility index (Phi) is 2.66. The summed E-state index contributed by atoms with van der Waals surface area (Å²) in [6, 6.07) is 0.171. The lowest BCUT2D eigenvalue weighted by molar-refractivity contribution is -0.165. The third kappa shape index (κ3) is 1.57. The van der Waals surface area contributed by atoms with Gasteiger partial charge >= 0.3 is 5.97 Å². The number of carbonyl (C=O) groups is 2. The van der Waals surface area contributed by atoms with Crippen molar-refractivity contribution in [1.82, 2.24) is 4.90 Å². The van der Waals surface area contributed by atoms with Gasteiger partial charge in [-0.15, -0.1) is 0 Å². The Morgan fingerprint density at radius 1 is 1.50 bits per heavy atom. The van der Waals surface area contributed by atoms with Gasteiger partial charge in [-0.25, -0.2) is 4.79 Å². The van der Waals surface area contributed by atoms with E-state index in [0.29, 0.717) is 18.0 Å². The van der Waals surface area contributed by atoms with E-state index in [0.717, 1.165) is 31.3 Å². The van der Waals surface area contributed by atoms with Gasteiger partial charge in [0.15, 0.2) is 6.29 Å². The maximum Gasteiger partial charge on any atom is 0.357 e. The van der Waals surface area contributed by atoms with E-state index in [1.54, 1.807) is 4.90 Å². The highest BCUT2D eigenvalue weighted by molar-refractivity contribution is 5.99. The zero-order valence-electron chi connectivity index (χ0n) is 10.4. The van der Waals surface area contributed by atoms with Crippen molar-refractivity contribution in [1.29, 1.82) is 0 Å². The molecule has 1 N–H and O–H groups in total. The number of amides is 1. The smallest absolute Gasteiger partial charge is 0.357 e. The Labute approximate surface area is 105 Å². The first kappa shape index (κ1) is 11.7. The largest absolute Gasteiger partial charge is 0.432 e. The van der Waals surface area contributed by atoms with Crippen molar-refractivity contribution >= 4 is 11.9 Å². The molecule has 1 saturated carbocycles. The van der Waals surface area contributed by atoms with Crippen LogP contribution in [0.25, 0.3) is 0 Å². The molecule has 0 aromatic rings. The van der Waals surface area contributed by atoms with Gasteiger partial charge in [0.25, 0.3) is 0 Å². The van der Waals surface area contributed by atoms with E-state index in [-0.39, 0.29) is 11.9 Å². The molecule has 0 radical (unpaired) electrons. The van der Waals surface area contributed by atoms with E-state index in [2.05, 4.69) is 0 Å². The molecule has 0 spiro atoms. The molecule has 3 unspecified atom stereocenters. The number of rotatable bonds is 2. The van der Waals surface area contributed by atoms with Crippen LogP contribution in [-0.4, -0.2) is 34.2 Å². The Balaban J connectivity index is 1.92. The van der Waals surface area contributed by atoms with Gasteiger partial charge in [-0.1, -0.05) is 6.42 Å². The number of aliphatic hydroxyl groups is 1. The normalized spacial score (nSPS) is 31.7. The molecular weight excluding hydrogens is 234 g/mol. The number of hydrogen-bond acceptors (Lipinski definition) is 4. The third-order valence-corrected chi connectivity index (χ3v) is 4.12. The Hall–Kier alpha value is -1.36. The lowest BCUT2D eigenvalue weighted by atomic mass is 9.79. The van der Waals surface area contributed by atoms with Crippen molar-refractivity contribution in [3.8, 4) is 0 Å². The highest BCUT2D eigenvalue weighted by Gasteiger charge is 2.53.